The highest BCUT2D eigenvalue weighted by molar-refractivity contribution is 6.28. The Labute approximate surface area is 98.4 Å². The second kappa shape index (κ2) is 3.63. The van der Waals surface area contributed by atoms with Gasteiger partial charge in [0.2, 0.25) is 5.28 Å². The first-order valence-corrected chi connectivity index (χ1v) is 5.87. The minimum atomic E-state index is 0.285. The van der Waals surface area contributed by atoms with Gasteiger partial charge in [-0.25, -0.2) is 4.98 Å². The second-order valence-corrected chi connectivity index (χ2v) is 4.72. The SMILES string of the molecule is Cc1cc2c(NCC3CC3)nc(Cl)nc2[nH]1. The molecule has 1 fully saturated rings. The van der Waals surface area contributed by atoms with Crippen LogP contribution in [-0.4, -0.2) is 21.5 Å². The van der Waals surface area contributed by atoms with Crippen LogP contribution in [0.4, 0.5) is 5.82 Å². The van der Waals surface area contributed by atoms with Crippen molar-refractivity contribution in [2.45, 2.75) is 19.8 Å². The zero-order valence-corrected chi connectivity index (χ0v) is 9.80. The van der Waals surface area contributed by atoms with Crippen molar-refractivity contribution in [3.05, 3.63) is 17.0 Å². The summed E-state index contributed by atoms with van der Waals surface area (Å²) in [6, 6.07) is 2.04. The molecule has 2 aromatic heterocycles. The van der Waals surface area contributed by atoms with Crippen LogP contribution in [0.1, 0.15) is 18.5 Å². The van der Waals surface area contributed by atoms with E-state index in [1.54, 1.807) is 0 Å². The maximum Gasteiger partial charge on any atom is 0.226 e. The highest BCUT2D eigenvalue weighted by Gasteiger charge is 2.21. The number of nitrogens with zero attached hydrogens (tertiary/aromatic N) is 2. The monoisotopic (exact) mass is 236 g/mol. The number of rotatable bonds is 3. The van der Waals surface area contributed by atoms with E-state index >= 15 is 0 Å². The Morgan fingerprint density at radius 2 is 2.31 bits per heavy atom. The van der Waals surface area contributed by atoms with E-state index in [2.05, 4.69) is 20.3 Å². The molecule has 0 amide bonds. The summed E-state index contributed by atoms with van der Waals surface area (Å²) in [5.41, 5.74) is 1.87. The van der Waals surface area contributed by atoms with Gasteiger partial charge >= 0.3 is 0 Å². The summed E-state index contributed by atoms with van der Waals surface area (Å²) >= 11 is 5.88. The molecule has 0 unspecified atom stereocenters. The zero-order chi connectivity index (χ0) is 11.1. The number of anilines is 1. The van der Waals surface area contributed by atoms with Crippen LogP contribution in [0.15, 0.2) is 6.07 Å². The van der Waals surface area contributed by atoms with Crippen LogP contribution in [0.25, 0.3) is 11.0 Å². The number of H-pyrrole nitrogens is 1. The molecule has 2 N–H and O–H groups in total. The Morgan fingerprint density at radius 3 is 3.06 bits per heavy atom. The van der Waals surface area contributed by atoms with Crippen LogP contribution >= 0.6 is 11.6 Å². The van der Waals surface area contributed by atoms with Crippen molar-refractivity contribution >= 4 is 28.5 Å². The Balaban J connectivity index is 1.98. The molecule has 2 aromatic rings. The molecule has 1 saturated carbocycles. The lowest BCUT2D eigenvalue weighted by atomic mass is 10.3. The number of fused-ring (bicyclic) bond motifs is 1. The number of hydrogen-bond donors (Lipinski definition) is 2. The van der Waals surface area contributed by atoms with Crippen LogP contribution in [0.2, 0.25) is 5.28 Å². The molecule has 0 aliphatic heterocycles. The topological polar surface area (TPSA) is 53.6 Å². The molecule has 4 nitrogen and oxygen atoms in total. The summed E-state index contributed by atoms with van der Waals surface area (Å²) in [6.45, 7) is 2.98. The summed E-state index contributed by atoms with van der Waals surface area (Å²) in [5.74, 6) is 1.65. The summed E-state index contributed by atoms with van der Waals surface area (Å²) in [5, 5.41) is 4.65. The van der Waals surface area contributed by atoms with Gasteiger partial charge in [0.1, 0.15) is 11.5 Å². The van der Waals surface area contributed by atoms with Crippen molar-refractivity contribution in [1.29, 1.82) is 0 Å². The number of aromatic nitrogens is 3. The smallest absolute Gasteiger partial charge is 0.226 e. The third-order valence-electron chi connectivity index (χ3n) is 2.85. The van der Waals surface area contributed by atoms with Gasteiger partial charge in [0.05, 0.1) is 5.39 Å². The molecule has 0 bridgehead atoms. The van der Waals surface area contributed by atoms with Crippen molar-refractivity contribution in [1.82, 2.24) is 15.0 Å². The standard InChI is InChI=1S/C11H13ClN4/c1-6-4-8-9(13-5-7-2-3-7)15-11(12)16-10(8)14-6/h4,7H,2-3,5H2,1H3,(H2,13,14,15,16). The number of nitrogens with one attached hydrogen (secondary N) is 2. The molecular formula is C11H13ClN4. The van der Waals surface area contributed by atoms with Gasteiger partial charge in [-0.15, -0.1) is 0 Å². The predicted molar refractivity (Wildman–Crippen MR) is 64.8 cm³/mol. The fourth-order valence-electron chi connectivity index (χ4n) is 1.81. The van der Waals surface area contributed by atoms with Gasteiger partial charge in [0.15, 0.2) is 0 Å². The van der Waals surface area contributed by atoms with E-state index in [0.29, 0.717) is 0 Å². The van der Waals surface area contributed by atoms with Crippen molar-refractivity contribution < 1.29 is 0 Å². The van der Waals surface area contributed by atoms with Crippen molar-refractivity contribution in [3.63, 3.8) is 0 Å². The molecule has 0 spiro atoms. The van der Waals surface area contributed by atoms with Crippen molar-refractivity contribution in [3.8, 4) is 0 Å². The Hall–Kier alpha value is -1.29. The summed E-state index contributed by atoms with van der Waals surface area (Å²) in [7, 11) is 0. The second-order valence-electron chi connectivity index (χ2n) is 4.38. The zero-order valence-electron chi connectivity index (χ0n) is 9.05. The van der Waals surface area contributed by atoms with E-state index in [1.165, 1.54) is 12.8 Å². The average Bonchev–Trinajstić information content (AvgIpc) is 2.97. The van der Waals surface area contributed by atoms with Gasteiger partial charge in [-0.05, 0) is 43.4 Å². The third-order valence-corrected chi connectivity index (χ3v) is 3.02. The van der Waals surface area contributed by atoms with E-state index in [-0.39, 0.29) is 5.28 Å². The first-order valence-electron chi connectivity index (χ1n) is 5.49. The molecule has 0 radical (unpaired) electrons. The van der Waals surface area contributed by atoms with E-state index < -0.39 is 0 Å². The first-order chi connectivity index (χ1) is 7.72. The average molecular weight is 237 g/mol. The fraction of sp³-hybridized carbons (Fsp3) is 0.455. The number of aryl methyl sites for hydroxylation is 1. The van der Waals surface area contributed by atoms with Crippen molar-refractivity contribution in [2.75, 3.05) is 11.9 Å². The largest absolute Gasteiger partial charge is 0.369 e. The van der Waals surface area contributed by atoms with Gasteiger partial charge in [0, 0.05) is 12.2 Å². The van der Waals surface area contributed by atoms with E-state index in [0.717, 1.165) is 35.0 Å². The fourth-order valence-corrected chi connectivity index (χ4v) is 1.98. The Morgan fingerprint density at radius 1 is 1.50 bits per heavy atom. The number of hydrogen-bond acceptors (Lipinski definition) is 3. The van der Waals surface area contributed by atoms with Crippen molar-refractivity contribution in [2.24, 2.45) is 5.92 Å². The minimum absolute atomic E-state index is 0.285. The molecule has 3 rings (SSSR count). The summed E-state index contributed by atoms with van der Waals surface area (Å²) < 4.78 is 0. The lowest BCUT2D eigenvalue weighted by Gasteiger charge is -2.05. The molecule has 1 aliphatic rings. The highest BCUT2D eigenvalue weighted by atomic mass is 35.5. The van der Waals surface area contributed by atoms with E-state index in [4.69, 9.17) is 11.6 Å². The molecule has 0 saturated heterocycles. The molecule has 0 aromatic carbocycles. The molecule has 16 heavy (non-hydrogen) atoms. The van der Waals surface area contributed by atoms with E-state index in [1.807, 2.05) is 13.0 Å². The molecule has 5 heteroatoms. The van der Waals surface area contributed by atoms with Gasteiger partial charge in [0.25, 0.3) is 0 Å². The normalized spacial score (nSPS) is 15.6. The van der Waals surface area contributed by atoms with Gasteiger partial charge in [-0.2, -0.15) is 4.98 Å². The summed E-state index contributed by atoms with van der Waals surface area (Å²) in [4.78, 5) is 11.6. The van der Waals surface area contributed by atoms with Crippen LogP contribution in [0.5, 0.6) is 0 Å². The predicted octanol–water partition coefficient (Wildman–Crippen LogP) is 2.74. The molecule has 1 aliphatic carbocycles. The highest BCUT2D eigenvalue weighted by Crippen LogP contribution is 2.30. The third kappa shape index (κ3) is 1.85. The lowest BCUT2D eigenvalue weighted by molar-refractivity contribution is 0.884. The molecule has 0 atom stereocenters. The Bertz CT molecular complexity index is 530. The van der Waals surface area contributed by atoms with Crippen LogP contribution in [-0.2, 0) is 0 Å². The Kier molecular flexibility index (Phi) is 2.24. The minimum Gasteiger partial charge on any atom is -0.369 e. The lowest BCUT2D eigenvalue weighted by Crippen LogP contribution is -2.05. The quantitative estimate of drug-likeness (QED) is 0.806. The molecule has 84 valence electrons. The summed E-state index contributed by atoms with van der Waals surface area (Å²) in [6.07, 6.45) is 2.64. The van der Waals surface area contributed by atoms with E-state index in [9.17, 15) is 0 Å². The van der Waals surface area contributed by atoms with Crippen LogP contribution in [0.3, 0.4) is 0 Å². The maximum atomic E-state index is 5.88. The maximum absolute atomic E-state index is 5.88. The van der Waals surface area contributed by atoms with Crippen LogP contribution < -0.4 is 5.32 Å². The van der Waals surface area contributed by atoms with Gasteiger partial charge in [-0.1, -0.05) is 0 Å². The van der Waals surface area contributed by atoms with Crippen LogP contribution in [0, 0.1) is 12.8 Å². The number of halogens is 1. The molecule has 2 heterocycles. The first kappa shape index (κ1) is 9.90. The number of aromatic amines is 1. The van der Waals surface area contributed by atoms with Gasteiger partial charge < -0.3 is 10.3 Å². The molecular weight excluding hydrogens is 224 g/mol. The van der Waals surface area contributed by atoms with Gasteiger partial charge in [-0.3, -0.25) is 0 Å².